The lowest BCUT2D eigenvalue weighted by atomic mass is 9.90. The van der Waals surface area contributed by atoms with E-state index in [2.05, 4.69) is 10.2 Å². The van der Waals surface area contributed by atoms with Gasteiger partial charge in [-0.1, -0.05) is 26.8 Å². The molecular formula is C15H12N2O4. The van der Waals surface area contributed by atoms with Crippen molar-refractivity contribution in [1.82, 2.24) is 4.98 Å². The molecule has 0 amide bonds. The van der Waals surface area contributed by atoms with Crippen molar-refractivity contribution in [3.8, 4) is 11.3 Å². The summed E-state index contributed by atoms with van der Waals surface area (Å²) < 4.78 is 5.68. The Kier molecular flexibility index (Phi) is 2.66. The van der Waals surface area contributed by atoms with Gasteiger partial charge in [-0.15, -0.1) is 4.91 Å². The van der Waals surface area contributed by atoms with Gasteiger partial charge in [-0.05, 0) is 17.3 Å². The zero-order valence-electron chi connectivity index (χ0n) is 11.8. The van der Waals surface area contributed by atoms with Crippen LogP contribution in [0, 0.1) is 4.91 Å². The molecule has 1 aromatic heterocycles. The molecule has 1 aromatic carbocycles. The van der Waals surface area contributed by atoms with Crippen molar-refractivity contribution < 1.29 is 14.0 Å². The number of rotatable bonds is 1. The molecule has 0 fully saturated rings. The third-order valence-electron chi connectivity index (χ3n) is 3.30. The summed E-state index contributed by atoms with van der Waals surface area (Å²) in [6.07, 6.45) is 0. The Balaban J connectivity index is 2.37. The smallest absolute Gasteiger partial charge is 0.255 e. The van der Waals surface area contributed by atoms with Gasteiger partial charge in [0.05, 0.1) is 5.56 Å². The number of aromatic nitrogens is 1. The summed E-state index contributed by atoms with van der Waals surface area (Å²) in [5.74, 6) is -0.937. The SMILES string of the molecule is CC(C)(C)c1nc2c(o1)-c1c(N=O)cccc1C(=O)C2=O. The molecule has 0 aliphatic heterocycles. The van der Waals surface area contributed by atoms with Crippen LogP contribution in [-0.4, -0.2) is 16.6 Å². The largest absolute Gasteiger partial charge is 0.439 e. The van der Waals surface area contributed by atoms with E-state index in [1.54, 1.807) is 0 Å². The molecule has 21 heavy (non-hydrogen) atoms. The van der Waals surface area contributed by atoms with Crippen molar-refractivity contribution in [3.63, 3.8) is 0 Å². The average Bonchev–Trinajstić information content (AvgIpc) is 2.89. The van der Waals surface area contributed by atoms with Gasteiger partial charge in [0.2, 0.25) is 11.7 Å². The van der Waals surface area contributed by atoms with E-state index in [0.29, 0.717) is 5.89 Å². The van der Waals surface area contributed by atoms with Gasteiger partial charge in [-0.3, -0.25) is 9.59 Å². The molecule has 0 unspecified atom stereocenters. The number of nitrogens with zero attached hydrogens (tertiary/aromatic N) is 2. The Morgan fingerprint density at radius 2 is 1.86 bits per heavy atom. The molecule has 6 nitrogen and oxygen atoms in total. The predicted molar refractivity (Wildman–Crippen MR) is 74.8 cm³/mol. The Bertz CT molecular complexity index is 796. The molecule has 2 aromatic rings. The van der Waals surface area contributed by atoms with Crippen LogP contribution in [0.4, 0.5) is 5.69 Å². The van der Waals surface area contributed by atoms with E-state index in [1.807, 2.05) is 20.8 Å². The molecule has 0 saturated carbocycles. The summed E-state index contributed by atoms with van der Waals surface area (Å²) in [6, 6.07) is 4.46. The maximum Gasteiger partial charge on any atom is 0.255 e. The number of carbonyl (C=O) groups excluding carboxylic acids is 2. The van der Waals surface area contributed by atoms with Gasteiger partial charge in [0.1, 0.15) is 5.69 Å². The molecule has 1 aliphatic carbocycles. The van der Waals surface area contributed by atoms with Crippen LogP contribution in [0.25, 0.3) is 11.3 Å². The van der Waals surface area contributed by atoms with Gasteiger partial charge in [-0.25, -0.2) is 4.98 Å². The number of benzene rings is 1. The van der Waals surface area contributed by atoms with Gasteiger partial charge in [0, 0.05) is 11.0 Å². The first kappa shape index (κ1) is 13.4. The molecule has 0 spiro atoms. The molecule has 1 heterocycles. The van der Waals surface area contributed by atoms with Gasteiger partial charge >= 0.3 is 0 Å². The highest BCUT2D eigenvalue weighted by Crippen LogP contribution is 2.41. The Morgan fingerprint density at radius 1 is 1.14 bits per heavy atom. The van der Waals surface area contributed by atoms with E-state index >= 15 is 0 Å². The monoisotopic (exact) mass is 284 g/mol. The van der Waals surface area contributed by atoms with Crippen LogP contribution in [0.1, 0.15) is 47.5 Å². The topological polar surface area (TPSA) is 89.6 Å². The zero-order valence-corrected chi connectivity index (χ0v) is 11.8. The molecule has 0 bridgehead atoms. The number of fused-ring (bicyclic) bond motifs is 3. The number of Topliss-reactive ketones (excluding diaryl/α,β-unsaturated/α-hetero) is 2. The summed E-state index contributed by atoms with van der Waals surface area (Å²) in [4.78, 5) is 39.4. The van der Waals surface area contributed by atoms with E-state index < -0.39 is 17.0 Å². The fourth-order valence-electron chi connectivity index (χ4n) is 2.24. The van der Waals surface area contributed by atoms with Crippen LogP contribution in [-0.2, 0) is 5.41 Å². The van der Waals surface area contributed by atoms with Crippen molar-refractivity contribution >= 4 is 17.3 Å². The van der Waals surface area contributed by atoms with E-state index in [4.69, 9.17) is 4.42 Å². The number of ketones is 2. The lowest BCUT2D eigenvalue weighted by molar-refractivity contribution is 0.0812. The van der Waals surface area contributed by atoms with E-state index in [1.165, 1.54) is 18.2 Å². The molecule has 106 valence electrons. The quantitative estimate of drug-likeness (QED) is 0.591. The fourth-order valence-corrected chi connectivity index (χ4v) is 2.24. The summed E-state index contributed by atoms with van der Waals surface area (Å²) >= 11 is 0. The second kappa shape index (κ2) is 4.18. The molecule has 0 atom stereocenters. The highest BCUT2D eigenvalue weighted by Gasteiger charge is 2.38. The maximum absolute atomic E-state index is 12.1. The number of oxazole rings is 1. The summed E-state index contributed by atoms with van der Waals surface area (Å²) in [5.41, 5.74) is -0.0410. The molecule has 0 N–H and O–H groups in total. The van der Waals surface area contributed by atoms with E-state index in [0.717, 1.165) is 0 Å². The number of hydrogen-bond acceptors (Lipinski definition) is 6. The summed E-state index contributed by atoms with van der Waals surface area (Å²) in [6.45, 7) is 5.63. The van der Waals surface area contributed by atoms with E-state index in [9.17, 15) is 14.5 Å². The number of carbonyl (C=O) groups is 2. The van der Waals surface area contributed by atoms with Crippen molar-refractivity contribution in [2.24, 2.45) is 5.18 Å². The van der Waals surface area contributed by atoms with Crippen molar-refractivity contribution in [2.45, 2.75) is 26.2 Å². The van der Waals surface area contributed by atoms with Crippen molar-refractivity contribution in [1.29, 1.82) is 0 Å². The minimum atomic E-state index is -0.722. The summed E-state index contributed by atoms with van der Waals surface area (Å²) in [5, 5.41) is 2.91. The highest BCUT2D eigenvalue weighted by molar-refractivity contribution is 6.52. The van der Waals surface area contributed by atoms with Crippen molar-refractivity contribution in [2.75, 3.05) is 0 Å². The second-order valence-corrected chi connectivity index (χ2v) is 5.90. The van der Waals surface area contributed by atoms with E-state index in [-0.39, 0.29) is 28.3 Å². The standard InChI is InChI=1S/C15H12N2O4/c1-15(2,3)14-16-10-12(19)11(18)7-5-4-6-8(17-20)9(7)13(10)21-14/h4-6H,1-3H3. The molecule has 6 heteroatoms. The zero-order chi connectivity index (χ0) is 15.4. The average molecular weight is 284 g/mol. The molecule has 1 aliphatic rings. The van der Waals surface area contributed by atoms with Crippen LogP contribution >= 0.6 is 0 Å². The third kappa shape index (κ3) is 1.83. The van der Waals surface area contributed by atoms with Crippen LogP contribution in [0.15, 0.2) is 27.8 Å². The predicted octanol–water partition coefficient (Wildman–Crippen LogP) is 3.42. The first-order valence-electron chi connectivity index (χ1n) is 6.41. The second-order valence-electron chi connectivity index (χ2n) is 5.90. The van der Waals surface area contributed by atoms with Crippen LogP contribution in [0.2, 0.25) is 0 Å². The molecule has 0 radical (unpaired) electrons. The van der Waals surface area contributed by atoms with Crippen LogP contribution in [0.3, 0.4) is 0 Å². The maximum atomic E-state index is 12.1. The van der Waals surface area contributed by atoms with Gasteiger partial charge in [-0.2, -0.15) is 0 Å². The van der Waals surface area contributed by atoms with Crippen LogP contribution < -0.4 is 0 Å². The Hall–Kier alpha value is -2.63. The van der Waals surface area contributed by atoms with Gasteiger partial charge in [0.15, 0.2) is 11.5 Å². The normalized spacial score (nSPS) is 13.9. The lowest BCUT2D eigenvalue weighted by Crippen LogP contribution is -2.21. The minimum Gasteiger partial charge on any atom is -0.439 e. The number of hydrogen-bond donors (Lipinski definition) is 0. The molecule has 0 saturated heterocycles. The minimum absolute atomic E-state index is 0.0477. The van der Waals surface area contributed by atoms with Gasteiger partial charge in [0.25, 0.3) is 5.78 Å². The summed E-state index contributed by atoms with van der Waals surface area (Å²) in [7, 11) is 0. The Labute approximate surface area is 120 Å². The first-order valence-corrected chi connectivity index (χ1v) is 6.41. The Morgan fingerprint density at radius 3 is 2.48 bits per heavy atom. The fraction of sp³-hybridized carbons (Fsp3) is 0.267. The van der Waals surface area contributed by atoms with Gasteiger partial charge < -0.3 is 4.42 Å². The highest BCUT2D eigenvalue weighted by atomic mass is 16.4. The number of nitroso groups, excluding NO2 is 1. The molecule has 3 rings (SSSR count). The van der Waals surface area contributed by atoms with Crippen molar-refractivity contribution in [3.05, 3.63) is 40.3 Å². The van der Waals surface area contributed by atoms with Crippen LogP contribution in [0.5, 0.6) is 0 Å². The first-order chi connectivity index (χ1) is 9.84. The lowest BCUT2D eigenvalue weighted by Gasteiger charge is -2.13. The molecular weight excluding hydrogens is 272 g/mol. The third-order valence-corrected chi connectivity index (χ3v) is 3.30.